The van der Waals surface area contributed by atoms with Crippen LogP contribution in [0.4, 0.5) is 5.69 Å². The number of hydrogen-bond acceptors (Lipinski definition) is 4. The van der Waals surface area contributed by atoms with Gasteiger partial charge in [0.15, 0.2) is 0 Å². The van der Waals surface area contributed by atoms with Gasteiger partial charge in [0.1, 0.15) is 6.61 Å². The SMILES string of the molecule is Nc1ccnc(OCCO)c1. The summed E-state index contributed by atoms with van der Waals surface area (Å²) in [6.45, 7) is 0.229. The van der Waals surface area contributed by atoms with Crippen molar-refractivity contribution in [2.45, 2.75) is 0 Å². The predicted molar refractivity (Wildman–Crippen MR) is 41.2 cm³/mol. The standard InChI is InChI=1S/C7H10N2O2/c8-6-1-2-9-7(5-6)11-4-3-10/h1-2,5,10H,3-4H2,(H2,8,9). The van der Waals surface area contributed by atoms with Crippen LogP contribution >= 0.6 is 0 Å². The van der Waals surface area contributed by atoms with Gasteiger partial charge in [-0.15, -0.1) is 0 Å². The molecule has 1 aromatic heterocycles. The number of nitrogens with two attached hydrogens (primary N) is 1. The minimum atomic E-state index is -0.0174. The summed E-state index contributed by atoms with van der Waals surface area (Å²) in [6.07, 6.45) is 1.56. The second kappa shape index (κ2) is 3.78. The molecule has 1 heterocycles. The average molecular weight is 154 g/mol. The first-order chi connectivity index (χ1) is 5.33. The largest absolute Gasteiger partial charge is 0.475 e. The number of ether oxygens (including phenoxy) is 1. The van der Waals surface area contributed by atoms with Gasteiger partial charge < -0.3 is 15.6 Å². The fraction of sp³-hybridized carbons (Fsp3) is 0.286. The number of aliphatic hydroxyl groups is 1. The molecule has 0 radical (unpaired) electrons. The van der Waals surface area contributed by atoms with Crippen molar-refractivity contribution in [2.24, 2.45) is 0 Å². The van der Waals surface area contributed by atoms with Crippen molar-refractivity contribution in [1.29, 1.82) is 0 Å². The lowest BCUT2D eigenvalue weighted by atomic mass is 10.4. The molecule has 0 saturated heterocycles. The zero-order chi connectivity index (χ0) is 8.10. The summed E-state index contributed by atoms with van der Waals surface area (Å²) in [5.74, 6) is 0.444. The Bertz CT molecular complexity index is 227. The first-order valence-corrected chi connectivity index (χ1v) is 3.28. The van der Waals surface area contributed by atoms with Crippen LogP contribution in [-0.2, 0) is 0 Å². The Morgan fingerprint density at radius 2 is 2.45 bits per heavy atom. The van der Waals surface area contributed by atoms with Gasteiger partial charge in [-0.1, -0.05) is 0 Å². The number of aliphatic hydroxyl groups excluding tert-OH is 1. The number of rotatable bonds is 3. The Labute approximate surface area is 64.6 Å². The van der Waals surface area contributed by atoms with Crippen LogP contribution in [0.3, 0.4) is 0 Å². The molecular weight excluding hydrogens is 144 g/mol. The molecule has 0 spiro atoms. The zero-order valence-corrected chi connectivity index (χ0v) is 6.03. The van der Waals surface area contributed by atoms with E-state index in [0.717, 1.165) is 0 Å². The molecule has 1 aromatic rings. The molecule has 0 aliphatic heterocycles. The van der Waals surface area contributed by atoms with E-state index >= 15 is 0 Å². The van der Waals surface area contributed by atoms with Crippen LogP contribution in [0.1, 0.15) is 0 Å². The molecule has 0 fully saturated rings. The van der Waals surface area contributed by atoms with E-state index in [1.54, 1.807) is 18.3 Å². The quantitative estimate of drug-likeness (QED) is 0.644. The van der Waals surface area contributed by atoms with E-state index in [9.17, 15) is 0 Å². The molecule has 0 bridgehead atoms. The summed E-state index contributed by atoms with van der Waals surface area (Å²) >= 11 is 0. The van der Waals surface area contributed by atoms with Crippen molar-refractivity contribution >= 4 is 5.69 Å². The van der Waals surface area contributed by atoms with Crippen LogP contribution in [0.25, 0.3) is 0 Å². The average Bonchev–Trinajstić information content (AvgIpc) is 2.01. The molecule has 60 valence electrons. The lowest BCUT2D eigenvalue weighted by molar-refractivity contribution is 0.197. The number of anilines is 1. The van der Waals surface area contributed by atoms with Gasteiger partial charge in [-0.25, -0.2) is 4.98 Å². The fourth-order valence-corrected chi connectivity index (χ4v) is 0.654. The van der Waals surface area contributed by atoms with Gasteiger partial charge in [-0.05, 0) is 6.07 Å². The van der Waals surface area contributed by atoms with Crippen molar-refractivity contribution < 1.29 is 9.84 Å². The third-order valence-corrected chi connectivity index (χ3v) is 1.10. The third-order valence-electron chi connectivity index (χ3n) is 1.10. The van der Waals surface area contributed by atoms with Crippen LogP contribution in [0, 0.1) is 0 Å². The Hall–Kier alpha value is -1.29. The topological polar surface area (TPSA) is 68.4 Å². The normalized spacial score (nSPS) is 9.55. The van der Waals surface area contributed by atoms with Gasteiger partial charge >= 0.3 is 0 Å². The Morgan fingerprint density at radius 1 is 1.64 bits per heavy atom. The molecule has 0 aliphatic rings. The van der Waals surface area contributed by atoms with E-state index in [1.807, 2.05) is 0 Å². The number of pyridine rings is 1. The van der Waals surface area contributed by atoms with E-state index in [0.29, 0.717) is 11.6 Å². The molecular formula is C7H10N2O2. The highest BCUT2D eigenvalue weighted by atomic mass is 16.5. The maximum absolute atomic E-state index is 8.41. The molecule has 0 aromatic carbocycles. The monoisotopic (exact) mass is 154 g/mol. The maximum atomic E-state index is 8.41. The first-order valence-electron chi connectivity index (χ1n) is 3.28. The predicted octanol–water partition coefficient (Wildman–Crippen LogP) is 0.0349. The first kappa shape index (κ1) is 7.81. The third kappa shape index (κ3) is 2.43. The lowest BCUT2D eigenvalue weighted by Gasteiger charge is -2.01. The highest BCUT2D eigenvalue weighted by molar-refractivity contribution is 5.39. The van der Waals surface area contributed by atoms with Crippen molar-refractivity contribution in [1.82, 2.24) is 4.98 Å². The number of aromatic nitrogens is 1. The van der Waals surface area contributed by atoms with E-state index in [2.05, 4.69) is 4.98 Å². The summed E-state index contributed by atoms with van der Waals surface area (Å²) in [6, 6.07) is 3.28. The molecule has 3 N–H and O–H groups in total. The van der Waals surface area contributed by atoms with E-state index in [1.165, 1.54) is 0 Å². The highest BCUT2D eigenvalue weighted by Crippen LogP contribution is 2.09. The van der Waals surface area contributed by atoms with Crippen LogP contribution in [-0.4, -0.2) is 23.3 Å². The fourth-order valence-electron chi connectivity index (χ4n) is 0.654. The van der Waals surface area contributed by atoms with Gasteiger partial charge in [-0.2, -0.15) is 0 Å². The second-order valence-corrected chi connectivity index (χ2v) is 2.00. The minimum absolute atomic E-state index is 0.0174. The summed E-state index contributed by atoms with van der Waals surface area (Å²) in [5.41, 5.74) is 6.05. The summed E-state index contributed by atoms with van der Waals surface area (Å²) < 4.78 is 4.99. The molecule has 0 atom stereocenters. The summed E-state index contributed by atoms with van der Waals surface area (Å²) in [7, 11) is 0. The molecule has 0 unspecified atom stereocenters. The van der Waals surface area contributed by atoms with Crippen molar-refractivity contribution in [2.75, 3.05) is 18.9 Å². The lowest BCUT2D eigenvalue weighted by Crippen LogP contribution is -2.03. The number of hydrogen-bond donors (Lipinski definition) is 2. The summed E-state index contributed by atoms with van der Waals surface area (Å²) in [5, 5.41) is 8.41. The van der Waals surface area contributed by atoms with Gasteiger partial charge in [0.25, 0.3) is 0 Å². The van der Waals surface area contributed by atoms with Crippen LogP contribution in [0.5, 0.6) is 5.88 Å². The van der Waals surface area contributed by atoms with Gasteiger partial charge in [0, 0.05) is 18.0 Å². The van der Waals surface area contributed by atoms with Gasteiger partial charge in [0.2, 0.25) is 5.88 Å². The Morgan fingerprint density at radius 3 is 3.09 bits per heavy atom. The number of nitrogens with zero attached hydrogens (tertiary/aromatic N) is 1. The van der Waals surface area contributed by atoms with E-state index in [4.69, 9.17) is 15.6 Å². The van der Waals surface area contributed by atoms with Gasteiger partial charge in [-0.3, -0.25) is 0 Å². The molecule has 0 saturated carbocycles. The molecule has 4 nitrogen and oxygen atoms in total. The Balaban J connectivity index is 2.56. The van der Waals surface area contributed by atoms with Gasteiger partial charge in [0.05, 0.1) is 6.61 Å². The van der Waals surface area contributed by atoms with E-state index < -0.39 is 0 Å². The van der Waals surface area contributed by atoms with E-state index in [-0.39, 0.29) is 13.2 Å². The van der Waals surface area contributed by atoms with Crippen molar-refractivity contribution in [3.8, 4) is 5.88 Å². The van der Waals surface area contributed by atoms with Crippen LogP contribution < -0.4 is 10.5 Å². The summed E-state index contributed by atoms with van der Waals surface area (Å²) in [4.78, 5) is 3.86. The molecule has 0 amide bonds. The smallest absolute Gasteiger partial charge is 0.215 e. The molecule has 4 heteroatoms. The molecule has 0 aliphatic carbocycles. The second-order valence-electron chi connectivity index (χ2n) is 2.00. The van der Waals surface area contributed by atoms with Crippen molar-refractivity contribution in [3.63, 3.8) is 0 Å². The highest BCUT2D eigenvalue weighted by Gasteiger charge is 1.93. The molecule has 11 heavy (non-hydrogen) atoms. The number of nitrogen functional groups attached to an aromatic ring is 1. The Kier molecular flexibility index (Phi) is 2.68. The van der Waals surface area contributed by atoms with Crippen LogP contribution in [0.15, 0.2) is 18.3 Å². The zero-order valence-electron chi connectivity index (χ0n) is 6.03. The van der Waals surface area contributed by atoms with Crippen molar-refractivity contribution in [3.05, 3.63) is 18.3 Å². The molecule has 1 rings (SSSR count). The minimum Gasteiger partial charge on any atom is -0.475 e. The maximum Gasteiger partial charge on any atom is 0.215 e. The van der Waals surface area contributed by atoms with Crippen LogP contribution in [0.2, 0.25) is 0 Å².